The highest BCUT2D eigenvalue weighted by Gasteiger charge is 2.31. The van der Waals surface area contributed by atoms with E-state index in [1.165, 1.54) is 0 Å². The lowest BCUT2D eigenvalue weighted by atomic mass is 10.0. The van der Waals surface area contributed by atoms with Crippen LogP contribution in [-0.2, 0) is 4.79 Å². The molecule has 2 aliphatic rings. The van der Waals surface area contributed by atoms with E-state index in [0.717, 1.165) is 47.3 Å². The Kier molecular flexibility index (Phi) is 5.53. The van der Waals surface area contributed by atoms with Crippen LogP contribution in [0.25, 0.3) is 0 Å². The van der Waals surface area contributed by atoms with Crippen LogP contribution in [0, 0.1) is 0 Å². The second-order valence-electron chi connectivity index (χ2n) is 6.72. The molecule has 27 heavy (non-hydrogen) atoms. The van der Waals surface area contributed by atoms with E-state index in [4.69, 9.17) is 14.2 Å². The molecule has 1 fully saturated rings. The Balaban J connectivity index is 1.46. The Bertz CT molecular complexity index is 826. The molecule has 142 valence electrons. The maximum Gasteiger partial charge on any atom is 0.261 e. The number of fused-ring (bicyclic) bond motifs is 1. The monoisotopic (exact) mass is 431 g/mol. The standard InChI is InChI=1S/C21H22BrNO4/c22-16-5-1-2-7-18(16)27-14-21(24)23-10-3-6-17(23)15-8-9-19-20(13-15)26-12-4-11-25-19/h1-2,5,7-9,13,17H,3-4,6,10-12,14H2. The molecule has 0 N–H and O–H groups in total. The van der Waals surface area contributed by atoms with E-state index >= 15 is 0 Å². The fourth-order valence-electron chi connectivity index (χ4n) is 3.58. The van der Waals surface area contributed by atoms with Crippen molar-refractivity contribution >= 4 is 21.8 Å². The van der Waals surface area contributed by atoms with Crippen LogP contribution in [0.3, 0.4) is 0 Å². The van der Waals surface area contributed by atoms with Gasteiger partial charge in [-0.25, -0.2) is 0 Å². The first-order chi connectivity index (χ1) is 13.2. The molecule has 1 atom stereocenters. The number of hydrogen-bond acceptors (Lipinski definition) is 4. The van der Waals surface area contributed by atoms with Crippen LogP contribution in [-0.4, -0.2) is 37.2 Å². The molecule has 2 aliphatic heterocycles. The summed E-state index contributed by atoms with van der Waals surface area (Å²) in [5.74, 6) is 2.23. The molecule has 0 saturated carbocycles. The zero-order chi connectivity index (χ0) is 18.6. The summed E-state index contributed by atoms with van der Waals surface area (Å²) in [6.07, 6.45) is 2.81. The molecule has 1 saturated heterocycles. The maximum atomic E-state index is 12.8. The van der Waals surface area contributed by atoms with Crippen LogP contribution in [0.4, 0.5) is 0 Å². The Morgan fingerprint density at radius 3 is 2.78 bits per heavy atom. The van der Waals surface area contributed by atoms with Gasteiger partial charge in [0.1, 0.15) is 5.75 Å². The number of halogens is 1. The molecule has 2 aromatic carbocycles. The molecule has 0 radical (unpaired) electrons. The van der Waals surface area contributed by atoms with Gasteiger partial charge in [-0.15, -0.1) is 0 Å². The number of carbonyl (C=O) groups excluding carboxylic acids is 1. The molecule has 0 bridgehead atoms. The molecular formula is C21H22BrNO4. The molecule has 0 aliphatic carbocycles. The first-order valence-electron chi connectivity index (χ1n) is 9.29. The summed E-state index contributed by atoms with van der Waals surface area (Å²) in [5.41, 5.74) is 1.09. The summed E-state index contributed by atoms with van der Waals surface area (Å²) in [7, 11) is 0. The highest BCUT2D eigenvalue weighted by Crippen LogP contribution is 2.38. The number of likely N-dealkylation sites (tertiary alicyclic amines) is 1. The van der Waals surface area contributed by atoms with E-state index in [0.29, 0.717) is 19.0 Å². The minimum atomic E-state index is 0.000337. The topological polar surface area (TPSA) is 48.0 Å². The lowest BCUT2D eigenvalue weighted by molar-refractivity contribution is -0.134. The van der Waals surface area contributed by atoms with Crippen molar-refractivity contribution in [1.82, 2.24) is 4.90 Å². The van der Waals surface area contributed by atoms with E-state index in [1.807, 2.05) is 47.4 Å². The van der Waals surface area contributed by atoms with Gasteiger partial charge < -0.3 is 19.1 Å². The number of para-hydroxylation sites is 1. The summed E-state index contributed by atoms with van der Waals surface area (Å²) < 4.78 is 18.1. The fourth-order valence-corrected chi connectivity index (χ4v) is 3.98. The SMILES string of the molecule is O=C(COc1ccccc1Br)N1CCCC1c1ccc2c(c1)OCCCO2. The average Bonchev–Trinajstić information content (AvgIpc) is 3.06. The van der Waals surface area contributed by atoms with E-state index in [9.17, 15) is 4.79 Å². The quantitative estimate of drug-likeness (QED) is 0.721. The van der Waals surface area contributed by atoms with Crippen molar-refractivity contribution in [1.29, 1.82) is 0 Å². The number of benzene rings is 2. The van der Waals surface area contributed by atoms with Gasteiger partial charge in [0.2, 0.25) is 0 Å². The molecule has 0 aromatic heterocycles. The number of carbonyl (C=O) groups is 1. The van der Waals surface area contributed by atoms with Crippen LogP contribution < -0.4 is 14.2 Å². The second-order valence-corrected chi connectivity index (χ2v) is 7.58. The molecule has 2 heterocycles. The second kappa shape index (κ2) is 8.21. The average molecular weight is 432 g/mol. The molecule has 1 amide bonds. The third kappa shape index (κ3) is 4.05. The van der Waals surface area contributed by atoms with Gasteiger partial charge in [0, 0.05) is 13.0 Å². The molecule has 2 aromatic rings. The van der Waals surface area contributed by atoms with E-state index in [2.05, 4.69) is 15.9 Å². The third-order valence-corrected chi connectivity index (χ3v) is 5.57. The summed E-state index contributed by atoms with van der Waals surface area (Å²) in [6, 6.07) is 13.6. The largest absolute Gasteiger partial charge is 0.490 e. The van der Waals surface area contributed by atoms with Crippen LogP contribution in [0.5, 0.6) is 17.2 Å². The molecule has 6 heteroatoms. The summed E-state index contributed by atoms with van der Waals surface area (Å²) in [5, 5.41) is 0. The highest BCUT2D eigenvalue weighted by molar-refractivity contribution is 9.10. The predicted molar refractivity (Wildman–Crippen MR) is 105 cm³/mol. The van der Waals surface area contributed by atoms with E-state index < -0.39 is 0 Å². The highest BCUT2D eigenvalue weighted by atomic mass is 79.9. The molecule has 5 nitrogen and oxygen atoms in total. The number of amides is 1. The van der Waals surface area contributed by atoms with Gasteiger partial charge in [0.15, 0.2) is 18.1 Å². The summed E-state index contributed by atoms with van der Waals surface area (Å²) in [6.45, 7) is 2.11. The normalized spacial score (nSPS) is 18.9. The Hall–Kier alpha value is -2.21. The lowest BCUT2D eigenvalue weighted by Crippen LogP contribution is -2.34. The zero-order valence-corrected chi connectivity index (χ0v) is 16.6. The number of ether oxygens (including phenoxy) is 3. The van der Waals surface area contributed by atoms with E-state index in [-0.39, 0.29) is 18.6 Å². The van der Waals surface area contributed by atoms with Crippen molar-refractivity contribution in [3.63, 3.8) is 0 Å². The lowest BCUT2D eigenvalue weighted by Gasteiger charge is -2.26. The summed E-state index contributed by atoms with van der Waals surface area (Å²) >= 11 is 3.44. The molecular weight excluding hydrogens is 410 g/mol. The van der Waals surface area contributed by atoms with Crippen LogP contribution >= 0.6 is 15.9 Å². The third-order valence-electron chi connectivity index (χ3n) is 4.92. The first-order valence-corrected chi connectivity index (χ1v) is 10.1. The van der Waals surface area contributed by atoms with Gasteiger partial charge >= 0.3 is 0 Å². The smallest absolute Gasteiger partial charge is 0.261 e. The van der Waals surface area contributed by atoms with Crippen LogP contribution in [0.15, 0.2) is 46.9 Å². The van der Waals surface area contributed by atoms with Crippen molar-refractivity contribution < 1.29 is 19.0 Å². The van der Waals surface area contributed by atoms with Gasteiger partial charge in [-0.05, 0) is 58.6 Å². The van der Waals surface area contributed by atoms with Crippen LogP contribution in [0.1, 0.15) is 30.9 Å². The van der Waals surface area contributed by atoms with Gasteiger partial charge in [-0.2, -0.15) is 0 Å². The van der Waals surface area contributed by atoms with Crippen molar-refractivity contribution in [2.45, 2.75) is 25.3 Å². The molecule has 4 rings (SSSR count). The summed E-state index contributed by atoms with van der Waals surface area (Å²) in [4.78, 5) is 14.7. The van der Waals surface area contributed by atoms with E-state index in [1.54, 1.807) is 0 Å². The minimum absolute atomic E-state index is 0.000337. The number of hydrogen-bond donors (Lipinski definition) is 0. The van der Waals surface area contributed by atoms with Crippen molar-refractivity contribution in [2.24, 2.45) is 0 Å². The van der Waals surface area contributed by atoms with Crippen molar-refractivity contribution in [3.8, 4) is 17.2 Å². The maximum absolute atomic E-state index is 12.8. The Morgan fingerprint density at radius 2 is 1.93 bits per heavy atom. The molecule has 1 unspecified atom stereocenters. The van der Waals surface area contributed by atoms with Gasteiger partial charge in [-0.1, -0.05) is 18.2 Å². The van der Waals surface area contributed by atoms with Crippen molar-refractivity contribution in [3.05, 3.63) is 52.5 Å². The van der Waals surface area contributed by atoms with Crippen molar-refractivity contribution in [2.75, 3.05) is 26.4 Å². The number of nitrogens with zero attached hydrogens (tertiary/aromatic N) is 1. The first kappa shape index (κ1) is 18.2. The van der Waals surface area contributed by atoms with Gasteiger partial charge in [0.05, 0.1) is 23.7 Å². The Labute approximate surface area is 167 Å². The Morgan fingerprint density at radius 1 is 1.11 bits per heavy atom. The fraction of sp³-hybridized carbons (Fsp3) is 0.381. The van der Waals surface area contributed by atoms with Gasteiger partial charge in [0.25, 0.3) is 5.91 Å². The zero-order valence-electron chi connectivity index (χ0n) is 15.0. The molecule has 0 spiro atoms. The van der Waals surface area contributed by atoms with Gasteiger partial charge in [-0.3, -0.25) is 4.79 Å². The number of rotatable bonds is 4. The minimum Gasteiger partial charge on any atom is -0.490 e. The predicted octanol–water partition coefficient (Wildman–Crippen LogP) is 4.35. The van der Waals surface area contributed by atoms with Crippen LogP contribution in [0.2, 0.25) is 0 Å².